The van der Waals surface area contributed by atoms with Gasteiger partial charge in [-0.15, -0.1) is 12.6 Å². The van der Waals surface area contributed by atoms with Crippen LogP contribution in [0.3, 0.4) is 0 Å². The van der Waals surface area contributed by atoms with Gasteiger partial charge in [-0.05, 0) is 18.2 Å². The van der Waals surface area contributed by atoms with Crippen molar-refractivity contribution in [1.82, 2.24) is 9.97 Å². The largest absolute Gasteiger partial charge is 0.245 e. The lowest BCUT2D eigenvalue weighted by Crippen LogP contribution is -1.95. The summed E-state index contributed by atoms with van der Waals surface area (Å²) < 4.78 is 0. The molecule has 0 fully saturated rings. The Bertz CT molecular complexity index is 514. The highest BCUT2D eigenvalue weighted by Crippen LogP contribution is 2.24. The molecule has 0 aliphatic rings. The van der Waals surface area contributed by atoms with Crippen LogP contribution in [0.1, 0.15) is 5.69 Å². The number of hydrogen-bond donors (Lipinski definition) is 1. The Morgan fingerprint density at radius 1 is 1.25 bits per heavy atom. The van der Waals surface area contributed by atoms with Crippen LogP contribution >= 0.6 is 24.2 Å². The van der Waals surface area contributed by atoms with Crippen molar-refractivity contribution in [2.45, 2.75) is 0 Å². The Hall–Kier alpha value is -1.39. The number of aliphatic imine (C=N–C) groups is 1. The highest BCUT2D eigenvalue weighted by molar-refractivity contribution is 7.97. The highest BCUT2D eigenvalue weighted by Gasteiger charge is 2.01. The van der Waals surface area contributed by atoms with Crippen molar-refractivity contribution in [2.75, 3.05) is 0 Å². The average Bonchev–Trinajstić information content (AvgIpc) is 2.33. The summed E-state index contributed by atoms with van der Waals surface area (Å²) in [6.45, 7) is 0. The van der Waals surface area contributed by atoms with Gasteiger partial charge in [0.2, 0.25) is 0 Å². The highest BCUT2D eigenvalue weighted by atomic mass is 35.5. The van der Waals surface area contributed by atoms with Gasteiger partial charge in [-0.1, -0.05) is 23.7 Å². The molecule has 80 valence electrons. The zero-order valence-electron chi connectivity index (χ0n) is 8.21. The van der Waals surface area contributed by atoms with E-state index in [2.05, 4.69) is 27.6 Å². The van der Waals surface area contributed by atoms with Crippen LogP contribution in [-0.4, -0.2) is 15.0 Å². The third-order valence-corrected chi connectivity index (χ3v) is 2.54. The zero-order valence-corrected chi connectivity index (χ0v) is 9.86. The summed E-state index contributed by atoms with van der Waals surface area (Å²) in [5, 5.41) is 1.10. The molecule has 0 unspecified atom stereocenters. The van der Waals surface area contributed by atoms with E-state index in [1.54, 1.807) is 18.3 Å². The van der Waals surface area contributed by atoms with E-state index >= 15 is 0 Å². The Morgan fingerprint density at radius 3 is 2.75 bits per heavy atom. The van der Waals surface area contributed by atoms with Gasteiger partial charge in [-0.3, -0.25) is 0 Å². The first-order chi connectivity index (χ1) is 7.77. The third-order valence-electron chi connectivity index (χ3n) is 1.89. The number of halogens is 1. The summed E-state index contributed by atoms with van der Waals surface area (Å²) in [6.07, 6.45) is 3.09. The molecular weight excluding hydrogens is 242 g/mol. The molecule has 0 aliphatic carbocycles. The van der Waals surface area contributed by atoms with Crippen molar-refractivity contribution in [2.24, 2.45) is 4.99 Å². The van der Waals surface area contributed by atoms with Gasteiger partial charge < -0.3 is 0 Å². The molecule has 0 saturated heterocycles. The fourth-order valence-electron chi connectivity index (χ4n) is 1.14. The van der Waals surface area contributed by atoms with E-state index in [4.69, 9.17) is 11.6 Å². The first kappa shape index (κ1) is 11.1. The first-order valence-electron chi connectivity index (χ1n) is 4.56. The molecule has 1 heterocycles. The molecule has 16 heavy (non-hydrogen) atoms. The Morgan fingerprint density at radius 2 is 2.06 bits per heavy atom. The topological polar surface area (TPSA) is 38.1 Å². The maximum atomic E-state index is 5.98. The van der Waals surface area contributed by atoms with E-state index < -0.39 is 0 Å². The molecule has 0 bridgehead atoms. The molecule has 0 spiro atoms. The van der Waals surface area contributed by atoms with Crippen LogP contribution in [0.5, 0.6) is 0 Å². The van der Waals surface area contributed by atoms with E-state index in [0.717, 1.165) is 0 Å². The summed E-state index contributed by atoms with van der Waals surface area (Å²) in [5.74, 6) is 0. The number of para-hydroxylation sites is 1. The van der Waals surface area contributed by atoms with Crippen LogP contribution in [0.15, 0.2) is 47.8 Å². The van der Waals surface area contributed by atoms with Crippen LogP contribution in [0.2, 0.25) is 5.02 Å². The molecule has 2 rings (SSSR count). The molecule has 0 N–H and O–H groups in total. The van der Waals surface area contributed by atoms with Crippen molar-refractivity contribution in [3.8, 4) is 0 Å². The fourth-order valence-corrected chi connectivity index (χ4v) is 1.55. The fraction of sp³-hybridized carbons (Fsp3) is 0. The van der Waals surface area contributed by atoms with Crippen LogP contribution in [0.4, 0.5) is 5.69 Å². The second kappa shape index (κ2) is 5.09. The Labute approximate surface area is 104 Å². The molecule has 0 radical (unpaired) electrons. The SMILES string of the molecule is S/C(=N/c1ccccc1Cl)c1ccncn1. The molecule has 0 amide bonds. The number of hydrogen-bond acceptors (Lipinski definition) is 3. The predicted molar refractivity (Wildman–Crippen MR) is 68.7 cm³/mol. The quantitative estimate of drug-likeness (QED) is 0.505. The molecule has 1 aromatic heterocycles. The van der Waals surface area contributed by atoms with Gasteiger partial charge in [-0.2, -0.15) is 0 Å². The van der Waals surface area contributed by atoms with Gasteiger partial charge in [0.15, 0.2) is 0 Å². The van der Waals surface area contributed by atoms with Crippen molar-refractivity contribution in [3.63, 3.8) is 0 Å². The lowest BCUT2D eigenvalue weighted by atomic mass is 10.3. The maximum absolute atomic E-state index is 5.98. The summed E-state index contributed by atoms with van der Waals surface area (Å²) >= 11 is 10.3. The van der Waals surface area contributed by atoms with Gasteiger partial charge in [0.1, 0.15) is 11.4 Å². The predicted octanol–water partition coefficient (Wildman–Crippen LogP) is 3.14. The summed E-state index contributed by atoms with van der Waals surface area (Å²) in [6, 6.07) is 9.06. The molecule has 0 aliphatic heterocycles. The standard InChI is InChI=1S/C11H8ClN3S/c12-8-3-1-2-4-9(8)15-11(16)10-5-6-13-7-14-10/h1-7H,(H,15,16). The molecule has 0 atom stereocenters. The smallest absolute Gasteiger partial charge is 0.120 e. The van der Waals surface area contributed by atoms with Gasteiger partial charge >= 0.3 is 0 Å². The van der Waals surface area contributed by atoms with Gasteiger partial charge in [-0.25, -0.2) is 15.0 Å². The maximum Gasteiger partial charge on any atom is 0.120 e. The molecule has 2 aromatic rings. The normalized spacial score (nSPS) is 11.5. The minimum absolute atomic E-state index is 0.510. The van der Waals surface area contributed by atoms with Crippen LogP contribution in [0, 0.1) is 0 Å². The molecule has 0 saturated carbocycles. The second-order valence-corrected chi connectivity index (χ2v) is 3.81. The van der Waals surface area contributed by atoms with E-state index in [1.807, 2.05) is 18.2 Å². The Balaban J connectivity index is 2.36. The van der Waals surface area contributed by atoms with Crippen molar-refractivity contribution < 1.29 is 0 Å². The number of benzene rings is 1. The minimum atomic E-state index is 0.510. The van der Waals surface area contributed by atoms with Gasteiger partial charge in [0, 0.05) is 6.20 Å². The van der Waals surface area contributed by atoms with E-state index in [-0.39, 0.29) is 0 Å². The number of rotatable bonds is 2. The molecular formula is C11H8ClN3S. The Kier molecular flexibility index (Phi) is 3.54. The summed E-state index contributed by atoms with van der Waals surface area (Å²) in [4.78, 5) is 12.2. The number of aromatic nitrogens is 2. The monoisotopic (exact) mass is 249 g/mol. The number of nitrogens with zero attached hydrogens (tertiary/aromatic N) is 3. The molecule has 3 nitrogen and oxygen atoms in total. The number of thiol groups is 1. The van der Waals surface area contributed by atoms with Crippen LogP contribution in [0.25, 0.3) is 0 Å². The van der Waals surface area contributed by atoms with Gasteiger partial charge in [0.05, 0.1) is 16.4 Å². The lowest BCUT2D eigenvalue weighted by Gasteiger charge is -2.00. The van der Waals surface area contributed by atoms with E-state index in [1.165, 1.54) is 6.33 Å². The van der Waals surface area contributed by atoms with Crippen LogP contribution < -0.4 is 0 Å². The summed E-state index contributed by atoms with van der Waals surface area (Å²) in [7, 11) is 0. The van der Waals surface area contributed by atoms with Gasteiger partial charge in [0.25, 0.3) is 0 Å². The van der Waals surface area contributed by atoms with Crippen molar-refractivity contribution in [3.05, 3.63) is 53.6 Å². The first-order valence-corrected chi connectivity index (χ1v) is 5.38. The van der Waals surface area contributed by atoms with Crippen molar-refractivity contribution in [1.29, 1.82) is 0 Å². The lowest BCUT2D eigenvalue weighted by molar-refractivity contribution is 1.15. The van der Waals surface area contributed by atoms with E-state index in [9.17, 15) is 0 Å². The second-order valence-electron chi connectivity index (χ2n) is 2.98. The van der Waals surface area contributed by atoms with Crippen molar-refractivity contribution >= 4 is 35.0 Å². The summed E-state index contributed by atoms with van der Waals surface area (Å²) in [5.41, 5.74) is 1.34. The van der Waals surface area contributed by atoms with E-state index in [0.29, 0.717) is 21.4 Å². The third kappa shape index (κ3) is 2.59. The molecule has 5 heteroatoms. The zero-order chi connectivity index (χ0) is 11.4. The molecule has 1 aromatic carbocycles. The van der Waals surface area contributed by atoms with Crippen LogP contribution in [-0.2, 0) is 0 Å². The minimum Gasteiger partial charge on any atom is -0.245 e. The average molecular weight is 250 g/mol.